The summed E-state index contributed by atoms with van der Waals surface area (Å²) in [6, 6.07) is 12.2. The fraction of sp³-hybridized carbons (Fsp3) is 0.440. The molecule has 1 aromatic heterocycles. The highest BCUT2D eigenvalue weighted by Gasteiger charge is 2.35. The first kappa shape index (κ1) is 25.7. The lowest BCUT2D eigenvalue weighted by atomic mass is 10.2. The van der Waals surface area contributed by atoms with Crippen molar-refractivity contribution in [1.82, 2.24) is 14.2 Å². The zero-order valence-electron chi connectivity index (χ0n) is 20.1. The number of carbonyl (C=O) groups is 1. The monoisotopic (exact) mass is 592 g/mol. The van der Waals surface area contributed by atoms with Gasteiger partial charge < -0.3 is 4.74 Å². The molecule has 0 radical (unpaired) electrons. The first-order chi connectivity index (χ1) is 17.3. The molecular formula is C25H29BrN4O4S2. The number of carbonyl (C=O) groups excluding carboxylic acids is 1. The highest BCUT2D eigenvalue weighted by Crippen LogP contribution is 2.33. The standard InChI is InChI=1S/C25H29BrN4O4S2/c1-28(20-6-7-20)36(32,33)21-8-3-18(4-9-21)24(31)30(12-2-11-29-13-15-34-16-14-29)25-27-22-10-5-19(26)17-23(22)35-25/h3-5,8-10,17,20H,2,6-7,11-16H2,1H3. The summed E-state index contributed by atoms with van der Waals surface area (Å²) in [5, 5.41) is 0.639. The maximum Gasteiger partial charge on any atom is 0.260 e. The van der Waals surface area contributed by atoms with E-state index < -0.39 is 10.0 Å². The zero-order chi connectivity index (χ0) is 25.3. The number of nitrogens with zero attached hydrogens (tertiary/aromatic N) is 4. The maximum atomic E-state index is 13.7. The molecule has 1 saturated heterocycles. The summed E-state index contributed by atoms with van der Waals surface area (Å²) in [7, 11) is -1.94. The molecule has 1 aliphatic carbocycles. The summed E-state index contributed by atoms with van der Waals surface area (Å²) in [5.74, 6) is -0.186. The number of thiazole rings is 1. The first-order valence-corrected chi connectivity index (χ1v) is 15.1. The van der Waals surface area contributed by atoms with Crippen molar-refractivity contribution in [3.05, 3.63) is 52.5 Å². The van der Waals surface area contributed by atoms with Gasteiger partial charge in [-0.15, -0.1) is 0 Å². The number of hydrogen-bond acceptors (Lipinski definition) is 7. The zero-order valence-corrected chi connectivity index (χ0v) is 23.3. The number of rotatable bonds is 9. The van der Waals surface area contributed by atoms with Gasteiger partial charge in [0, 0.05) is 49.3 Å². The van der Waals surface area contributed by atoms with Crippen molar-refractivity contribution in [3.8, 4) is 0 Å². The van der Waals surface area contributed by atoms with E-state index >= 15 is 0 Å². The minimum Gasteiger partial charge on any atom is -0.379 e. The minimum atomic E-state index is -3.56. The number of fused-ring (bicyclic) bond motifs is 1. The Morgan fingerprint density at radius 1 is 1.17 bits per heavy atom. The normalized spacial score (nSPS) is 17.1. The molecule has 0 bridgehead atoms. The Balaban J connectivity index is 1.37. The van der Waals surface area contributed by atoms with Gasteiger partial charge in [0.2, 0.25) is 10.0 Å². The third-order valence-corrected chi connectivity index (χ3v) is 10.1. The van der Waals surface area contributed by atoms with Crippen molar-refractivity contribution in [3.63, 3.8) is 0 Å². The predicted molar refractivity (Wildman–Crippen MR) is 145 cm³/mol. The number of ether oxygens (including phenoxy) is 1. The van der Waals surface area contributed by atoms with Crippen LogP contribution in [0.25, 0.3) is 10.2 Å². The van der Waals surface area contributed by atoms with Crippen LogP contribution in [0.1, 0.15) is 29.6 Å². The van der Waals surface area contributed by atoms with Crippen molar-refractivity contribution in [2.75, 3.05) is 51.3 Å². The third-order valence-electron chi connectivity index (χ3n) is 6.61. The molecule has 0 atom stereocenters. The van der Waals surface area contributed by atoms with Gasteiger partial charge in [-0.05, 0) is 61.7 Å². The Kier molecular flexibility index (Phi) is 7.75. The van der Waals surface area contributed by atoms with Crippen LogP contribution in [0.2, 0.25) is 0 Å². The van der Waals surface area contributed by atoms with Crippen LogP contribution < -0.4 is 4.90 Å². The largest absolute Gasteiger partial charge is 0.379 e. The van der Waals surface area contributed by atoms with Crippen LogP contribution in [0.3, 0.4) is 0 Å². The molecule has 5 rings (SSSR count). The van der Waals surface area contributed by atoms with E-state index in [-0.39, 0.29) is 16.8 Å². The average Bonchev–Trinajstić information content (AvgIpc) is 3.65. The quantitative estimate of drug-likeness (QED) is 0.370. The molecule has 11 heteroatoms. The number of hydrogen-bond donors (Lipinski definition) is 0. The van der Waals surface area contributed by atoms with Crippen molar-refractivity contribution in [1.29, 1.82) is 0 Å². The van der Waals surface area contributed by atoms with Crippen LogP contribution in [-0.4, -0.2) is 81.0 Å². The lowest BCUT2D eigenvalue weighted by Crippen LogP contribution is -2.39. The van der Waals surface area contributed by atoms with Gasteiger partial charge in [-0.1, -0.05) is 27.3 Å². The van der Waals surface area contributed by atoms with Crippen molar-refractivity contribution in [2.45, 2.75) is 30.2 Å². The smallest absolute Gasteiger partial charge is 0.260 e. The van der Waals surface area contributed by atoms with Crippen LogP contribution in [0.4, 0.5) is 5.13 Å². The summed E-state index contributed by atoms with van der Waals surface area (Å²) in [6.45, 7) is 4.65. The van der Waals surface area contributed by atoms with E-state index in [1.54, 1.807) is 24.1 Å². The lowest BCUT2D eigenvalue weighted by Gasteiger charge is -2.27. The molecule has 1 aliphatic heterocycles. The molecule has 3 aromatic rings. The molecule has 1 amide bonds. The molecule has 8 nitrogen and oxygen atoms in total. The Labute approximate surface area is 224 Å². The second-order valence-electron chi connectivity index (χ2n) is 9.15. The Hall–Kier alpha value is -1.89. The molecule has 0 N–H and O–H groups in total. The molecule has 2 aromatic carbocycles. The van der Waals surface area contributed by atoms with E-state index in [4.69, 9.17) is 9.72 Å². The molecule has 0 unspecified atom stereocenters. The molecule has 36 heavy (non-hydrogen) atoms. The van der Waals surface area contributed by atoms with Crippen LogP contribution in [0, 0.1) is 0 Å². The second kappa shape index (κ2) is 10.8. The Bertz CT molecular complexity index is 1340. The fourth-order valence-corrected chi connectivity index (χ4v) is 7.25. The van der Waals surface area contributed by atoms with E-state index in [1.165, 1.54) is 27.8 Å². The molecule has 192 valence electrons. The molecular weight excluding hydrogens is 564 g/mol. The van der Waals surface area contributed by atoms with E-state index in [0.29, 0.717) is 17.2 Å². The number of halogens is 1. The lowest BCUT2D eigenvalue weighted by molar-refractivity contribution is 0.0376. The Morgan fingerprint density at radius 3 is 2.58 bits per heavy atom. The molecule has 1 saturated carbocycles. The predicted octanol–water partition coefficient (Wildman–Crippen LogP) is 4.21. The van der Waals surface area contributed by atoms with Crippen molar-refractivity contribution >= 4 is 58.5 Å². The number of sulfonamides is 1. The van der Waals surface area contributed by atoms with E-state index in [1.807, 2.05) is 18.2 Å². The topological polar surface area (TPSA) is 83.1 Å². The highest BCUT2D eigenvalue weighted by molar-refractivity contribution is 9.10. The molecule has 0 spiro atoms. The Morgan fingerprint density at radius 2 is 1.89 bits per heavy atom. The van der Waals surface area contributed by atoms with Gasteiger partial charge in [-0.25, -0.2) is 13.4 Å². The second-order valence-corrected chi connectivity index (χ2v) is 13.1. The third kappa shape index (κ3) is 5.66. The van der Waals surface area contributed by atoms with Gasteiger partial charge in [0.1, 0.15) is 0 Å². The SMILES string of the molecule is CN(C1CC1)S(=O)(=O)c1ccc(C(=O)N(CCCN2CCOCC2)c2nc3ccc(Br)cc3s2)cc1. The fourth-order valence-electron chi connectivity index (χ4n) is 4.29. The number of aromatic nitrogens is 1. The number of anilines is 1. The van der Waals surface area contributed by atoms with Crippen LogP contribution in [0.15, 0.2) is 51.8 Å². The first-order valence-electron chi connectivity index (χ1n) is 12.1. The number of amides is 1. The van der Waals surface area contributed by atoms with E-state index in [9.17, 15) is 13.2 Å². The maximum absolute atomic E-state index is 13.7. The summed E-state index contributed by atoms with van der Waals surface area (Å²) in [5.41, 5.74) is 1.28. The molecule has 2 heterocycles. The molecule has 2 fully saturated rings. The van der Waals surface area contributed by atoms with E-state index in [0.717, 1.165) is 66.8 Å². The van der Waals surface area contributed by atoms with Gasteiger partial charge in [0.25, 0.3) is 5.91 Å². The van der Waals surface area contributed by atoms with Crippen LogP contribution in [0.5, 0.6) is 0 Å². The number of morpholine rings is 1. The van der Waals surface area contributed by atoms with Gasteiger partial charge in [0.15, 0.2) is 5.13 Å². The van der Waals surface area contributed by atoms with Crippen LogP contribution in [-0.2, 0) is 14.8 Å². The van der Waals surface area contributed by atoms with E-state index in [2.05, 4.69) is 20.8 Å². The summed E-state index contributed by atoms with van der Waals surface area (Å²) < 4.78 is 34.6. The highest BCUT2D eigenvalue weighted by atomic mass is 79.9. The molecule has 2 aliphatic rings. The number of benzene rings is 2. The van der Waals surface area contributed by atoms with Crippen molar-refractivity contribution < 1.29 is 17.9 Å². The van der Waals surface area contributed by atoms with Gasteiger partial charge in [0.05, 0.1) is 28.3 Å². The van der Waals surface area contributed by atoms with Gasteiger partial charge in [-0.3, -0.25) is 14.6 Å². The van der Waals surface area contributed by atoms with Gasteiger partial charge >= 0.3 is 0 Å². The average molecular weight is 594 g/mol. The summed E-state index contributed by atoms with van der Waals surface area (Å²) >= 11 is 4.98. The minimum absolute atomic E-state index is 0.0809. The summed E-state index contributed by atoms with van der Waals surface area (Å²) in [6.07, 6.45) is 2.58. The van der Waals surface area contributed by atoms with Gasteiger partial charge in [-0.2, -0.15) is 4.31 Å². The summed E-state index contributed by atoms with van der Waals surface area (Å²) in [4.78, 5) is 22.7. The van der Waals surface area contributed by atoms with Crippen LogP contribution >= 0.6 is 27.3 Å². The van der Waals surface area contributed by atoms with Crippen molar-refractivity contribution in [2.24, 2.45) is 0 Å².